The Bertz CT molecular complexity index is 581. The zero-order valence-corrected chi connectivity index (χ0v) is 11.0. The highest BCUT2D eigenvalue weighted by Crippen LogP contribution is 2.35. The number of thiophene rings is 1. The smallest absolute Gasteiger partial charge is 0.128 e. The molecule has 0 aliphatic carbocycles. The fourth-order valence-corrected chi connectivity index (χ4v) is 2.80. The summed E-state index contributed by atoms with van der Waals surface area (Å²) in [5.74, 6) is 0. The van der Waals surface area contributed by atoms with Crippen molar-refractivity contribution in [2.45, 2.75) is 6.92 Å². The van der Waals surface area contributed by atoms with Gasteiger partial charge in [-0.25, -0.2) is 0 Å². The number of halogens is 1. The van der Waals surface area contributed by atoms with Gasteiger partial charge >= 0.3 is 0 Å². The molecule has 0 spiro atoms. The van der Waals surface area contributed by atoms with Gasteiger partial charge in [-0.1, -0.05) is 22.0 Å². The molecule has 0 unspecified atom stereocenters. The van der Waals surface area contributed by atoms with E-state index in [1.165, 1.54) is 16.9 Å². The Morgan fingerprint density at radius 2 is 2.12 bits per heavy atom. The monoisotopic (exact) mass is 292 g/mol. The number of anilines is 1. The van der Waals surface area contributed by atoms with Crippen LogP contribution in [0.4, 0.5) is 5.69 Å². The van der Waals surface area contributed by atoms with Crippen molar-refractivity contribution in [1.82, 2.24) is 0 Å². The molecule has 16 heavy (non-hydrogen) atoms. The van der Waals surface area contributed by atoms with Crippen molar-refractivity contribution in [3.8, 4) is 16.5 Å². The zero-order valence-electron chi connectivity index (χ0n) is 8.62. The van der Waals surface area contributed by atoms with Crippen LogP contribution in [0.25, 0.3) is 10.4 Å². The molecule has 2 N–H and O–H groups in total. The lowest BCUT2D eigenvalue weighted by Gasteiger charge is -2.03. The van der Waals surface area contributed by atoms with E-state index in [1.54, 1.807) is 0 Å². The van der Waals surface area contributed by atoms with Gasteiger partial charge in [0.1, 0.15) is 10.9 Å². The maximum atomic E-state index is 8.87. The van der Waals surface area contributed by atoms with E-state index < -0.39 is 0 Å². The normalized spacial score (nSPS) is 10.1. The van der Waals surface area contributed by atoms with Crippen molar-refractivity contribution in [3.05, 3.63) is 39.2 Å². The summed E-state index contributed by atoms with van der Waals surface area (Å²) < 4.78 is 1.03. The average molecular weight is 293 g/mol. The lowest BCUT2D eigenvalue weighted by Crippen LogP contribution is -1.82. The minimum atomic E-state index is 0.557. The van der Waals surface area contributed by atoms with E-state index in [4.69, 9.17) is 11.0 Å². The van der Waals surface area contributed by atoms with E-state index in [2.05, 4.69) is 22.0 Å². The molecule has 2 aromatic rings. The Balaban J connectivity index is 2.59. The lowest BCUT2D eigenvalue weighted by atomic mass is 10.1. The highest BCUT2D eigenvalue weighted by molar-refractivity contribution is 9.10. The number of hydrogen-bond donors (Lipinski definition) is 1. The fourth-order valence-electron chi connectivity index (χ4n) is 1.48. The summed E-state index contributed by atoms with van der Waals surface area (Å²) in [6.07, 6.45) is 0. The Kier molecular flexibility index (Phi) is 2.99. The first-order valence-corrected chi connectivity index (χ1v) is 6.28. The molecule has 0 amide bonds. The van der Waals surface area contributed by atoms with Gasteiger partial charge in [-0.15, -0.1) is 11.3 Å². The molecule has 0 saturated carbocycles. The minimum Gasteiger partial charge on any atom is -0.397 e. The van der Waals surface area contributed by atoms with Crippen LogP contribution in [0.3, 0.4) is 0 Å². The molecule has 0 atom stereocenters. The van der Waals surface area contributed by atoms with Crippen LogP contribution in [0.1, 0.15) is 10.4 Å². The second kappa shape index (κ2) is 4.28. The summed E-state index contributed by atoms with van der Waals surface area (Å²) >= 11 is 4.87. The molecule has 0 bridgehead atoms. The highest BCUT2D eigenvalue weighted by Gasteiger charge is 2.09. The van der Waals surface area contributed by atoms with Crippen LogP contribution in [0.15, 0.2) is 28.7 Å². The van der Waals surface area contributed by atoms with Gasteiger partial charge in [0.2, 0.25) is 0 Å². The third-order valence-corrected chi connectivity index (χ3v) is 3.91. The van der Waals surface area contributed by atoms with Crippen molar-refractivity contribution in [2.24, 2.45) is 0 Å². The Hall–Kier alpha value is -1.31. The largest absolute Gasteiger partial charge is 0.397 e. The third kappa shape index (κ3) is 1.97. The van der Waals surface area contributed by atoms with Crippen LogP contribution >= 0.6 is 27.3 Å². The molecule has 0 fully saturated rings. The molecule has 0 aliphatic rings. The molecule has 80 valence electrons. The number of nitriles is 1. The number of aryl methyl sites for hydroxylation is 1. The molecule has 0 radical (unpaired) electrons. The van der Waals surface area contributed by atoms with Crippen LogP contribution in [-0.2, 0) is 0 Å². The van der Waals surface area contributed by atoms with Gasteiger partial charge in [0.05, 0.1) is 5.69 Å². The van der Waals surface area contributed by atoms with E-state index in [-0.39, 0.29) is 0 Å². The van der Waals surface area contributed by atoms with E-state index in [1.807, 2.05) is 31.2 Å². The molecule has 1 aromatic heterocycles. The first-order valence-electron chi connectivity index (χ1n) is 4.67. The van der Waals surface area contributed by atoms with Gasteiger partial charge in [-0.2, -0.15) is 5.26 Å². The zero-order chi connectivity index (χ0) is 11.7. The number of rotatable bonds is 1. The standard InChI is InChI=1S/C12H9BrN2S/c1-7-2-3-8(13)4-9(7)11-5-10(15)12(6-14)16-11/h2-5H,15H2,1H3. The van der Waals surface area contributed by atoms with E-state index in [9.17, 15) is 0 Å². The average Bonchev–Trinajstić information content (AvgIpc) is 2.63. The SMILES string of the molecule is Cc1ccc(Br)cc1-c1cc(N)c(C#N)s1. The van der Waals surface area contributed by atoms with Gasteiger partial charge in [-0.3, -0.25) is 0 Å². The van der Waals surface area contributed by atoms with Crippen LogP contribution < -0.4 is 5.73 Å². The van der Waals surface area contributed by atoms with Gasteiger partial charge in [0.15, 0.2) is 0 Å². The summed E-state index contributed by atoms with van der Waals surface area (Å²) in [6, 6.07) is 10.0. The van der Waals surface area contributed by atoms with Crippen molar-refractivity contribution < 1.29 is 0 Å². The number of nitrogen functional groups attached to an aromatic ring is 1. The number of benzene rings is 1. The number of nitrogens with two attached hydrogens (primary N) is 1. The first-order chi connectivity index (χ1) is 7.61. The van der Waals surface area contributed by atoms with Gasteiger partial charge in [0, 0.05) is 9.35 Å². The van der Waals surface area contributed by atoms with Crippen LogP contribution in [0.5, 0.6) is 0 Å². The molecular formula is C12H9BrN2S. The number of hydrogen-bond acceptors (Lipinski definition) is 3. The molecule has 4 heteroatoms. The molecule has 1 heterocycles. The lowest BCUT2D eigenvalue weighted by molar-refractivity contribution is 1.46. The first kappa shape index (κ1) is 11.2. The predicted octanol–water partition coefficient (Wildman–Crippen LogP) is 3.94. The Morgan fingerprint density at radius 1 is 1.38 bits per heavy atom. The van der Waals surface area contributed by atoms with E-state index >= 15 is 0 Å². The third-order valence-electron chi connectivity index (χ3n) is 2.33. The summed E-state index contributed by atoms with van der Waals surface area (Å²) in [5, 5.41) is 8.87. The van der Waals surface area contributed by atoms with E-state index in [0.717, 1.165) is 14.9 Å². The second-order valence-corrected chi connectivity index (χ2v) is 5.43. The maximum Gasteiger partial charge on any atom is 0.128 e. The van der Waals surface area contributed by atoms with Crippen molar-refractivity contribution in [1.29, 1.82) is 5.26 Å². The summed E-state index contributed by atoms with van der Waals surface area (Å²) in [6.45, 7) is 2.05. The summed E-state index contributed by atoms with van der Waals surface area (Å²) in [4.78, 5) is 1.61. The van der Waals surface area contributed by atoms with Gasteiger partial charge in [-0.05, 0) is 36.2 Å². The summed E-state index contributed by atoms with van der Waals surface area (Å²) in [5.41, 5.74) is 8.60. The maximum absolute atomic E-state index is 8.87. The quantitative estimate of drug-likeness (QED) is 0.865. The number of nitrogens with zero attached hydrogens (tertiary/aromatic N) is 1. The molecule has 0 saturated heterocycles. The summed E-state index contributed by atoms with van der Waals surface area (Å²) in [7, 11) is 0. The topological polar surface area (TPSA) is 49.8 Å². The van der Waals surface area contributed by atoms with Crippen LogP contribution in [-0.4, -0.2) is 0 Å². The van der Waals surface area contributed by atoms with Crippen molar-refractivity contribution in [2.75, 3.05) is 5.73 Å². The van der Waals surface area contributed by atoms with Crippen LogP contribution in [0, 0.1) is 18.3 Å². The Labute approximate surface area is 106 Å². The molecule has 0 aliphatic heterocycles. The van der Waals surface area contributed by atoms with Crippen molar-refractivity contribution in [3.63, 3.8) is 0 Å². The van der Waals surface area contributed by atoms with Crippen molar-refractivity contribution >= 4 is 33.0 Å². The van der Waals surface area contributed by atoms with Crippen LogP contribution in [0.2, 0.25) is 0 Å². The van der Waals surface area contributed by atoms with Gasteiger partial charge in [0.25, 0.3) is 0 Å². The molecular weight excluding hydrogens is 284 g/mol. The highest BCUT2D eigenvalue weighted by atomic mass is 79.9. The van der Waals surface area contributed by atoms with E-state index in [0.29, 0.717) is 10.6 Å². The predicted molar refractivity (Wildman–Crippen MR) is 71.3 cm³/mol. The minimum absolute atomic E-state index is 0.557. The van der Waals surface area contributed by atoms with Gasteiger partial charge < -0.3 is 5.73 Å². The fraction of sp³-hybridized carbons (Fsp3) is 0.0833. The Morgan fingerprint density at radius 3 is 2.75 bits per heavy atom. The molecule has 1 aromatic carbocycles. The molecule has 2 nitrogen and oxygen atoms in total. The second-order valence-electron chi connectivity index (χ2n) is 3.47. The molecule has 2 rings (SSSR count).